The van der Waals surface area contributed by atoms with E-state index in [1.165, 1.54) is 12.8 Å². The summed E-state index contributed by atoms with van der Waals surface area (Å²) in [6.07, 6.45) is 2.37. The molecule has 1 aromatic heterocycles. The maximum absolute atomic E-state index is 5.39. The lowest BCUT2D eigenvalue weighted by Gasteiger charge is -2.00. The van der Waals surface area contributed by atoms with Crippen LogP contribution in [0.2, 0.25) is 0 Å². The number of nitrogens with zero attached hydrogens (tertiary/aromatic N) is 2. The number of aromatic nitrogens is 2. The fourth-order valence-electron chi connectivity index (χ4n) is 1.31. The number of hydrogen-bond donors (Lipinski definition) is 1. The molecule has 0 amide bonds. The molecular weight excluding hydrogens is 194 g/mol. The van der Waals surface area contributed by atoms with Crippen molar-refractivity contribution in [3.05, 3.63) is 11.7 Å². The minimum absolute atomic E-state index is 0.446. The zero-order chi connectivity index (χ0) is 10.5. The molecule has 0 aliphatic heterocycles. The maximum atomic E-state index is 5.39. The van der Waals surface area contributed by atoms with E-state index < -0.39 is 0 Å². The second kappa shape index (κ2) is 5.23. The van der Waals surface area contributed by atoms with E-state index >= 15 is 0 Å². The third-order valence-electron chi connectivity index (χ3n) is 2.31. The van der Waals surface area contributed by atoms with Crippen LogP contribution in [0.25, 0.3) is 0 Å². The second-order valence-corrected chi connectivity index (χ2v) is 3.73. The summed E-state index contributed by atoms with van der Waals surface area (Å²) in [5, 5.41) is 7.04. The smallest absolute Gasteiger partial charge is 0.229 e. The first-order valence-corrected chi connectivity index (χ1v) is 5.51. The summed E-state index contributed by atoms with van der Waals surface area (Å²) in [6.45, 7) is 5.03. The highest BCUT2D eigenvalue weighted by molar-refractivity contribution is 5.01. The number of hydrogen-bond acceptors (Lipinski definition) is 5. The molecule has 0 unspecified atom stereocenters. The zero-order valence-electron chi connectivity index (χ0n) is 9.03. The molecule has 1 aliphatic carbocycles. The summed E-state index contributed by atoms with van der Waals surface area (Å²) in [4.78, 5) is 4.27. The lowest BCUT2D eigenvalue weighted by atomic mass is 10.4. The van der Waals surface area contributed by atoms with Crippen LogP contribution in [0.5, 0.6) is 0 Å². The molecule has 1 heterocycles. The fraction of sp³-hybridized carbons (Fsp3) is 0.800. The molecule has 0 radical (unpaired) electrons. The standard InChI is InChI=1S/C10H17N3O2/c1-2-11-5-6-14-7-9-12-10(15-13-9)8-3-4-8/h8,11H,2-7H2,1H3. The minimum Gasteiger partial charge on any atom is -0.372 e. The Balaban J connectivity index is 1.64. The van der Waals surface area contributed by atoms with Crippen LogP contribution in [0.1, 0.15) is 37.4 Å². The summed E-state index contributed by atoms with van der Waals surface area (Å²) < 4.78 is 10.5. The monoisotopic (exact) mass is 211 g/mol. The quantitative estimate of drug-likeness (QED) is 0.684. The van der Waals surface area contributed by atoms with Gasteiger partial charge in [0.25, 0.3) is 0 Å². The minimum atomic E-state index is 0.446. The van der Waals surface area contributed by atoms with E-state index in [4.69, 9.17) is 9.26 Å². The Morgan fingerprint density at radius 1 is 1.53 bits per heavy atom. The van der Waals surface area contributed by atoms with Gasteiger partial charge in [0.2, 0.25) is 5.89 Å². The van der Waals surface area contributed by atoms with Crippen LogP contribution in [-0.2, 0) is 11.3 Å². The van der Waals surface area contributed by atoms with Gasteiger partial charge in [0.15, 0.2) is 5.82 Å². The van der Waals surface area contributed by atoms with Crippen molar-refractivity contribution < 1.29 is 9.26 Å². The molecule has 2 rings (SSSR count). The lowest BCUT2D eigenvalue weighted by Crippen LogP contribution is -2.18. The molecule has 0 spiro atoms. The Kier molecular flexibility index (Phi) is 3.69. The number of ether oxygens (including phenoxy) is 1. The van der Waals surface area contributed by atoms with Gasteiger partial charge in [-0.15, -0.1) is 0 Å². The average molecular weight is 211 g/mol. The van der Waals surface area contributed by atoms with Gasteiger partial charge in [-0.25, -0.2) is 0 Å². The van der Waals surface area contributed by atoms with Crippen molar-refractivity contribution in [3.8, 4) is 0 Å². The molecule has 0 bridgehead atoms. The molecule has 5 nitrogen and oxygen atoms in total. The molecule has 1 aromatic rings. The van der Waals surface area contributed by atoms with Gasteiger partial charge in [0.1, 0.15) is 6.61 Å². The summed E-state index contributed by atoms with van der Waals surface area (Å²) >= 11 is 0. The summed E-state index contributed by atoms with van der Waals surface area (Å²) in [5.41, 5.74) is 0. The molecule has 0 atom stereocenters. The van der Waals surface area contributed by atoms with Crippen molar-refractivity contribution in [2.75, 3.05) is 19.7 Å². The Morgan fingerprint density at radius 2 is 2.40 bits per heavy atom. The van der Waals surface area contributed by atoms with E-state index in [1.54, 1.807) is 0 Å². The van der Waals surface area contributed by atoms with Crippen LogP contribution < -0.4 is 5.32 Å². The molecule has 0 saturated heterocycles. The van der Waals surface area contributed by atoms with E-state index in [0.29, 0.717) is 25.0 Å². The largest absolute Gasteiger partial charge is 0.372 e. The predicted octanol–water partition coefficient (Wildman–Crippen LogP) is 1.07. The fourth-order valence-corrected chi connectivity index (χ4v) is 1.31. The molecule has 1 aliphatic rings. The predicted molar refractivity (Wildman–Crippen MR) is 54.5 cm³/mol. The van der Waals surface area contributed by atoms with Gasteiger partial charge in [-0.3, -0.25) is 0 Å². The van der Waals surface area contributed by atoms with Crippen LogP contribution in [0.15, 0.2) is 4.52 Å². The number of likely N-dealkylation sites (N-methyl/N-ethyl adjacent to an activating group) is 1. The van der Waals surface area contributed by atoms with Crippen molar-refractivity contribution in [2.45, 2.75) is 32.3 Å². The van der Waals surface area contributed by atoms with Gasteiger partial charge in [0, 0.05) is 12.5 Å². The average Bonchev–Trinajstić information content (AvgIpc) is 2.99. The molecule has 84 valence electrons. The van der Waals surface area contributed by atoms with E-state index in [-0.39, 0.29) is 0 Å². The van der Waals surface area contributed by atoms with E-state index in [1.807, 2.05) is 0 Å². The van der Waals surface area contributed by atoms with Crippen LogP contribution in [-0.4, -0.2) is 29.8 Å². The van der Waals surface area contributed by atoms with Crippen molar-refractivity contribution in [1.29, 1.82) is 0 Å². The lowest BCUT2D eigenvalue weighted by molar-refractivity contribution is 0.116. The maximum Gasteiger partial charge on any atom is 0.229 e. The Bertz CT molecular complexity index is 297. The third kappa shape index (κ3) is 3.28. The van der Waals surface area contributed by atoms with E-state index in [2.05, 4.69) is 22.4 Å². The van der Waals surface area contributed by atoms with Gasteiger partial charge in [-0.1, -0.05) is 12.1 Å². The highest BCUT2D eigenvalue weighted by atomic mass is 16.5. The second-order valence-electron chi connectivity index (χ2n) is 3.73. The zero-order valence-corrected chi connectivity index (χ0v) is 9.03. The Morgan fingerprint density at radius 3 is 3.13 bits per heavy atom. The van der Waals surface area contributed by atoms with Crippen LogP contribution in [0.3, 0.4) is 0 Å². The van der Waals surface area contributed by atoms with Gasteiger partial charge in [-0.05, 0) is 19.4 Å². The Hall–Kier alpha value is -0.940. The van der Waals surface area contributed by atoms with Gasteiger partial charge in [-0.2, -0.15) is 4.98 Å². The van der Waals surface area contributed by atoms with Crippen molar-refractivity contribution in [2.24, 2.45) is 0 Å². The number of nitrogens with one attached hydrogen (secondary N) is 1. The molecule has 0 aromatic carbocycles. The van der Waals surface area contributed by atoms with Gasteiger partial charge >= 0.3 is 0 Å². The van der Waals surface area contributed by atoms with E-state index in [0.717, 1.165) is 19.0 Å². The molecule has 15 heavy (non-hydrogen) atoms. The topological polar surface area (TPSA) is 60.2 Å². The molecule has 1 fully saturated rings. The van der Waals surface area contributed by atoms with Crippen LogP contribution in [0.4, 0.5) is 0 Å². The first-order valence-electron chi connectivity index (χ1n) is 5.51. The highest BCUT2D eigenvalue weighted by Gasteiger charge is 2.29. The molecule has 1 N–H and O–H groups in total. The van der Waals surface area contributed by atoms with Crippen molar-refractivity contribution >= 4 is 0 Å². The van der Waals surface area contributed by atoms with Gasteiger partial charge < -0.3 is 14.6 Å². The first-order chi connectivity index (χ1) is 7.40. The molecular formula is C10H17N3O2. The molecule has 1 saturated carbocycles. The van der Waals surface area contributed by atoms with Crippen LogP contribution in [0, 0.1) is 0 Å². The van der Waals surface area contributed by atoms with Crippen molar-refractivity contribution in [1.82, 2.24) is 15.5 Å². The number of rotatable bonds is 7. The van der Waals surface area contributed by atoms with Gasteiger partial charge in [0.05, 0.1) is 6.61 Å². The van der Waals surface area contributed by atoms with Crippen molar-refractivity contribution in [3.63, 3.8) is 0 Å². The Labute approximate surface area is 89.2 Å². The first kappa shape index (κ1) is 10.6. The highest BCUT2D eigenvalue weighted by Crippen LogP contribution is 2.38. The normalized spacial score (nSPS) is 15.8. The van der Waals surface area contributed by atoms with E-state index in [9.17, 15) is 0 Å². The summed E-state index contributed by atoms with van der Waals surface area (Å²) in [7, 11) is 0. The summed E-state index contributed by atoms with van der Waals surface area (Å²) in [5.74, 6) is 1.96. The van der Waals surface area contributed by atoms with Crippen LogP contribution >= 0.6 is 0 Å². The summed E-state index contributed by atoms with van der Waals surface area (Å²) in [6, 6.07) is 0. The third-order valence-corrected chi connectivity index (χ3v) is 2.31. The SMILES string of the molecule is CCNCCOCc1noc(C2CC2)n1. The molecule has 5 heteroatoms.